The molecule has 1 atom stereocenters. The van der Waals surface area contributed by atoms with Gasteiger partial charge in [-0.1, -0.05) is 60.7 Å². The van der Waals surface area contributed by atoms with Gasteiger partial charge < -0.3 is 25.6 Å². The Morgan fingerprint density at radius 3 is 2.25 bits per heavy atom. The summed E-state index contributed by atoms with van der Waals surface area (Å²) in [6.45, 7) is 2.00. The second-order valence-corrected chi connectivity index (χ2v) is 8.45. The number of carboxylic acids is 1. The van der Waals surface area contributed by atoms with Crippen molar-refractivity contribution >= 4 is 17.8 Å². The van der Waals surface area contributed by atoms with Gasteiger partial charge in [0.15, 0.2) is 5.96 Å². The fourth-order valence-electron chi connectivity index (χ4n) is 4.19. The predicted octanol–water partition coefficient (Wildman–Crippen LogP) is 2.00. The molecule has 0 aliphatic carbocycles. The Hall–Kier alpha value is -4.40. The number of nitrogens with zero attached hydrogens (tertiary/aromatic N) is 2. The summed E-state index contributed by atoms with van der Waals surface area (Å²) in [5, 5.41) is 18.3. The monoisotopic (exact) mass is 487 g/mol. The molecule has 4 rings (SSSR count). The number of guanidine groups is 1. The van der Waals surface area contributed by atoms with Crippen LogP contribution in [0.1, 0.15) is 40.4 Å². The van der Waals surface area contributed by atoms with E-state index < -0.39 is 29.5 Å². The van der Waals surface area contributed by atoms with E-state index in [-0.39, 0.29) is 12.0 Å². The smallest absolute Gasteiger partial charge is 0.326 e. The molecule has 0 radical (unpaired) electrons. The highest BCUT2D eigenvalue weighted by atomic mass is 16.4. The van der Waals surface area contributed by atoms with E-state index in [2.05, 4.69) is 20.9 Å². The summed E-state index contributed by atoms with van der Waals surface area (Å²) in [7, 11) is 0. The van der Waals surface area contributed by atoms with Crippen molar-refractivity contribution in [2.45, 2.75) is 24.9 Å². The Kier molecular flexibility index (Phi) is 8.12. The van der Waals surface area contributed by atoms with E-state index >= 15 is 0 Å². The van der Waals surface area contributed by atoms with Gasteiger partial charge >= 0.3 is 5.97 Å². The lowest BCUT2D eigenvalue weighted by atomic mass is 9.98. The van der Waals surface area contributed by atoms with E-state index in [9.17, 15) is 19.5 Å². The molecule has 3 aromatic rings. The van der Waals surface area contributed by atoms with Crippen LogP contribution in [0.25, 0.3) is 0 Å². The summed E-state index contributed by atoms with van der Waals surface area (Å²) in [5.41, 5.74) is 1.17. The first kappa shape index (κ1) is 24.7. The van der Waals surface area contributed by atoms with Gasteiger partial charge in [-0.2, -0.15) is 0 Å². The lowest BCUT2D eigenvalue weighted by Gasteiger charge is -2.22. The van der Waals surface area contributed by atoms with Crippen LogP contribution >= 0.6 is 0 Å². The number of aromatic nitrogens is 1. The molecule has 0 spiro atoms. The third kappa shape index (κ3) is 5.99. The van der Waals surface area contributed by atoms with Crippen molar-refractivity contribution in [3.05, 3.63) is 106 Å². The number of benzene rings is 2. The molecule has 1 unspecified atom stereocenters. The number of carbonyl (C=O) groups excluding carboxylic acids is 1. The first-order valence-electron chi connectivity index (χ1n) is 11.9. The molecule has 1 aliphatic heterocycles. The highest BCUT2D eigenvalue weighted by molar-refractivity contribution is 5.96. The third-order valence-electron chi connectivity index (χ3n) is 5.97. The summed E-state index contributed by atoms with van der Waals surface area (Å²) < 4.78 is 1.51. The zero-order valence-electron chi connectivity index (χ0n) is 19.8. The van der Waals surface area contributed by atoms with Gasteiger partial charge in [0.1, 0.15) is 11.6 Å². The first-order chi connectivity index (χ1) is 17.5. The van der Waals surface area contributed by atoms with Crippen LogP contribution in [0.3, 0.4) is 0 Å². The molecule has 1 aromatic heterocycles. The molecular formula is C27H29N5O4. The lowest BCUT2D eigenvalue weighted by molar-refractivity contribution is -0.139. The van der Waals surface area contributed by atoms with Gasteiger partial charge in [-0.05, 0) is 36.1 Å². The van der Waals surface area contributed by atoms with Crippen LogP contribution in [0.5, 0.6) is 0 Å². The number of nitrogens with one attached hydrogen (secondary N) is 3. The highest BCUT2D eigenvalue weighted by Crippen LogP contribution is 2.25. The molecule has 186 valence electrons. The van der Waals surface area contributed by atoms with Crippen molar-refractivity contribution in [1.82, 2.24) is 20.5 Å². The number of hydrogen-bond donors (Lipinski definition) is 4. The van der Waals surface area contributed by atoms with Crippen molar-refractivity contribution in [3.63, 3.8) is 0 Å². The number of aliphatic carboxylic acids is 1. The Morgan fingerprint density at radius 2 is 1.67 bits per heavy atom. The number of aliphatic imine (C=N–C) groups is 1. The lowest BCUT2D eigenvalue weighted by Crippen LogP contribution is -2.44. The largest absolute Gasteiger partial charge is 0.480 e. The van der Waals surface area contributed by atoms with Crippen LogP contribution in [0.2, 0.25) is 0 Å². The molecule has 1 amide bonds. The van der Waals surface area contributed by atoms with Crippen LogP contribution in [0.4, 0.5) is 0 Å². The fraction of sp³-hybridized carbons (Fsp3) is 0.259. The molecule has 9 nitrogen and oxygen atoms in total. The van der Waals surface area contributed by atoms with E-state index in [1.807, 2.05) is 60.7 Å². The molecular weight excluding hydrogens is 458 g/mol. The molecule has 0 bridgehead atoms. The molecule has 0 saturated heterocycles. The summed E-state index contributed by atoms with van der Waals surface area (Å²) in [4.78, 5) is 42.5. The van der Waals surface area contributed by atoms with Crippen molar-refractivity contribution in [3.8, 4) is 0 Å². The van der Waals surface area contributed by atoms with Crippen LogP contribution in [0.15, 0.2) is 88.8 Å². The van der Waals surface area contributed by atoms with E-state index in [0.29, 0.717) is 25.5 Å². The summed E-state index contributed by atoms with van der Waals surface area (Å²) in [6.07, 6.45) is 2.35. The molecule has 0 saturated carbocycles. The second-order valence-electron chi connectivity index (χ2n) is 8.45. The van der Waals surface area contributed by atoms with Crippen LogP contribution in [-0.2, 0) is 4.79 Å². The average molecular weight is 488 g/mol. The molecule has 4 N–H and O–H groups in total. The Bertz CT molecular complexity index is 1230. The van der Waals surface area contributed by atoms with Gasteiger partial charge in [0, 0.05) is 19.3 Å². The fourth-order valence-corrected chi connectivity index (χ4v) is 4.19. The van der Waals surface area contributed by atoms with Gasteiger partial charge in [-0.15, -0.1) is 0 Å². The number of rotatable bonds is 10. The number of carboxylic acid groups (broad SMARTS) is 1. The maximum Gasteiger partial charge on any atom is 0.326 e. The molecule has 2 heterocycles. The van der Waals surface area contributed by atoms with E-state index in [0.717, 1.165) is 17.7 Å². The van der Waals surface area contributed by atoms with Gasteiger partial charge in [-0.3, -0.25) is 14.6 Å². The van der Waals surface area contributed by atoms with Crippen molar-refractivity contribution in [2.24, 2.45) is 4.99 Å². The summed E-state index contributed by atoms with van der Waals surface area (Å²) in [6, 6.07) is 20.6. The molecule has 1 aliphatic rings. The van der Waals surface area contributed by atoms with Gasteiger partial charge in [-0.25, -0.2) is 4.79 Å². The first-order valence-corrected chi connectivity index (χ1v) is 11.9. The van der Waals surface area contributed by atoms with Crippen LogP contribution in [0, 0.1) is 0 Å². The van der Waals surface area contributed by atoms with E-state index in [4.69, 9.17) is 0 Å². The minimum absolute atomic E-state index is 0.108. The number of amides is 1. The van der Waals surface area contributed by atoms with Gasteiger partial charge in [0.05, 0.1) is 12.6 Å². The quantitative estimate of drug-likeness (QED) is 0.324. The molecule has 0 fully saturated rings. The number of hydrogen-bond acceptors (Lipinski definition) is 6. The summed E-state index contributed by atoms with van der Waals surface area (Å²) >= 11 is 0. The molecule has 2 aromatic carbocycles. The normalized spacial score (nSPS) is 13.5. The Balaban J connectivity index is 1.53. The standard InChI is InChI=1S/C27H29N5O4/c33-24(31-22(26(35)36)14-7-15-28-27-29-16-17-30-27)21-13-8-18-32(25(21)34)23(19-9-3-1-4-10-19)20-11-5-2-6-12-20/h1-6,8-13,18,22-23H,7,14-17H2,(H,31,33)(H,35,36)(H2,28,29,30). The maximum absolute atomic E-state index is 13.5. The predicted molar refractivity (Wildman–Crippen MR) is 137 cm³/mol. The van der Waals surface area contributed by atoms with Crippen molar-refractivity contribution in [2.75, 3.05) is 19.6 Å². The number of carbonyl (C=O) groups is 2. The highest BCUT2D eigenvalue weighted by Gasteiger charge is 2.24. The Labute approximate surface area is 208 Å². The zero-order valence-corrected chi connectivity index (χ0v) is 19.8. The van der Waals surface area contributed by atoms with Crippen molar-refractivity contribution in [1.29, 1.82) is 0 Å². The number of pyridine rings is 1. The van der Waals surface area contributed by atoms with Crippen molar-refractivity contribution < 1.29 is 14.7 Å². The Morgan fingerprint density at radius 1 is 1.00 bits per heavy atom. The topological polar surface area (TPSA) is 125 Å². The van der Waals surface area contributed by atoms with E-state index in [1.54, 1.807) is 12.3 Å². The average Bonchev–Trinajstić information content (AvgIpc) is 3.42. The van der Waals surface area contributed by atoms with Gasteiger partial charge in [0.25, 0.3) is 11.5 Å². The molecule has 9 heteroatoms. The SMILES string of the molecule is O=C(NC(CCCNC1=NCCN1)C(=O)O)c1cccn(C(c2ccccc2)c2ccccc2)c1=O. The minimum Gasteiger partial charge on any atom is -0.480 e. The zero-order chi connectivity index (χ0) is 25.3. The maximum atomic E-state index is 13.5. The van der Waals surface area contributed by atoms with Crippen LogP contribution in [-0.4, -0.2) is 53.2 Å². The van der Waals surface area contributed by atoms with E-state index in [1.165, 1.54) is 10.6 Å². The molecule has 36 heavy (non-hydrogen) atoms. The third-order valence-corrected chi connectivity index (χ3v) is 5.97. The van der Waals surface area contributed by atoms with Crippen LogP contribution < -0.4 is 21.5 Å². The van der Waals surface area contributed by atoms with Gasteiger partial charge in [0.2, 0.25) is 0 Å². The minimum atomic E-state index is -1.15. The second kappa shape index (κ2) is 11.8. The summed E-state index contributed by atoms with van der Waals surface area (Å²) in [5.74, 6) is -1.17.